The lowest BCUT2D eigenvalue weighted by Crippen LogP contribution is -2.25. The average Bonchev–Trinajstić information content (AvgIpc) is 2.55. The van der Waals surface area contributed by atoms with Crippen LogP contribution >= 0.6 is 11.6 Å². The number of rotatable bonds is 4. The Kier molecular flexibility index (Phi) is 4.63. The van der Waals surface area contributed by atoms with Gasteiger partial charge < -0.3 is 10.6 Å². The fourth-order valence-corrected chi connectivity index (χ4v) is 2.72. The molecule has 0 radical (unpaired) electrons. The Morgan fingerprint density at radius 2 is 1.83 bits per heavy atom. The molecule has 0 saturated carbocycles. The highest BCUT2D eigenvalue weighted by Gasteiger charge is 2.14. The van der Waals surface area contributed by atoms with Gasteiger partial charge in [-0.15, -0.1) is 0 Å². The van der Waals surface area contributed by atoms with Gasteiger partial charge in [0.05, 0.1) is 6.42 Å². The van der Waals surface area contributed by atoms with Crippen LogP contribution in [0, 0.1) is 0 Å². The number of anilines is 1. The molecule has 0 atom stereocenters. The number of benzene rings is 2. The minimum Gasteiger partial charge on any atom is -0.352 e. The van der Waals surface area contributed by atoms with Crippen LogP contribution in [0.4, 0.5) is 5.69 Å². The van der Waals surface area contributed by atoms with Crippen molar-refractivity contribution >= 4 is 29.1 Å². The fourth-order valence-electron chi connectivity index (χ4n) is 2.60. The van der Waals surface area contributed by atoms with Crippen LogP contribution in [0.1, 0.15) is 23.1 Å². The molecular formula is C18H17ClN2O2. The first-order valence-electron chi connectivity index (χ1n) is 7.53. The Bertz CT molecular complexity index is 741. The van der Waals surface area contributed by atoms with Crippen molar-refractivity contribution in [2.75, 3.05) is 5.32 Å². The van der Waals surface area contributed by atoms with Gasteiger partial charge in [0, 0.05) is 23.7 Å². The van der Waals surface area contributed by atoms with Crippen molar-refractivity contribution in [1.29, 1.82) is 0 Å². The molecule has 118 valence electrons. The number of aryl methyl sites for hydroxylation is 1. The number of nitrogens with one attached hydrogen (secondary N) is 2. The third-order valence-corrected chi connectivity index (χ3v) is 4.08. The molecule has 2 aromatic rings. The van der Waals surface area contributed by atoms with Crippen LogP contribution in [-0.2, 0) is 29.0 Å². The monoisotopic (exact) mass is 328 g/mol. The number of carbonyl (C=O) groups is 2. The average molecular weight is 329 g/mol. The van der Waals surface area contributed by atoms with E-state index in [1.54, 1.807) is 12.1 Å². The van der Waals surface area contributed by atoms with E-state index >= 15 is 0 Å². The summed E-state index contributed by atoms with van der Waals surface area (Å²) in [4.78, 5) is 23.3. The van der Waals surface area contributed by atoms with Gasteiger partial charge in [-0.05, 0) is 41.3 Å². The van der Waals surface area contributed by atoms with Gasteiger partial charge in [-0.25, -0.2) is 0 Å². The normalized spacial score (nSPS) is 13.2. The van der Waals surface area contributed by atoms with Gasteiger partial charge in [0.15, 0.2) is 0 Å². The zero-order chi connectivity index (χ0) is 16.2. The second-order valence-electron chi connectivity index (χ2n) is 5.62. The SMILES string of the molecule is O=C(Cc1ccc(Cl)cc1)NCc1ccc2c(c1)CCC(=O)N2. The fraction of sp³-hybridized carbons (Fsp3) is 0.222. The van der Waals surface area contributed by atoms with E-state index < -0.39 is 0 Å². The van der Waals surface area contributed by atoms with Crippen molar-refractivity contribution < 1.29 is 9.59 Å². The van der Waals surface area contributed by atoms with Gasteiger partial charge in [-0.1, -0.05) is 35.9 Å². The van der Waals surface area contributed by atoms with E-state index in [0.29, 0.717) is 24.4 Å². The molecule has 0 saturated heterocycles. The van der Waals surface area contributed by atoms with E-state index in [9.17, 15) is 9.59 Å². The molecular weight excluding hydrogens is 312 g/mol. The Hall–Kier alpha value is -2.33. The predicted molar refractivity (Wildman–Crippen MR) is 90.4 cm³/mol. The Labute approximate surface area is 139 Å². The highest BCUT2D eigenvalue weighted by atomic mass is 35.5. The second kappa shape index (κ2) is 6.84. The molecule has 2 aromatic carbocycles. The van der Waals surface area contributed by atoms with Crippen molar-refractivity contribution in [3.05, 3.63) is 64.2 Å². The summed E-state index contributed by atoms with van der Waals surface area (Å²) in [6, 6.07) is 13.1. The number of hydrogen-bond donors (Lipinski definition) is 2. The maximum atomic E-state index is 12.0. The number of hydrogen-bond acceptors (Lipinski definition) is 2. The molecule has 5 heteroatoms. The lowest BCUT2D eigenvalue weighted by Gasteiger charge is -2.17. The number of amides is 2. The van der Waals surface area contributed by atoms with E-state index in [2.05, 4.69) is 10.6 Å². The highest BCUT2D eigenvalue weighted by Crippen LogP contribution is 2.23. The number of fused-ring (bicyclic) bond motifs is 1. The van der Waals surface area contributed by atoms with Crippen LogP contribution in [0.25, 0.3) is 0 Å². The van der Waals surface area contributed by atoms with Crippen molar-refractivity contribution in [1.82, 2.24) is 5.32 Å². The van der Waals surface area contributed by atoms with E-state index in [-0.39, 0.29) is 11.8 Å². The molecule has 1 aliphatic heterocycles. The third-order valence-electron chi connectivity index (χ3n) is 3.83. The van der Waals surface area contributed by atoms with Gasteiger partial charge in [0.25, 0.3) is 0 Å². The lowest BCUT2D eigenvalue weighted by atomic mass is 10.0. The lowest BCUT2D eigenvalue weighted by molar-refractivity contribution is -0.120. The highest BCUT2D eigenvalue weighted by molar-refractivity contribution is 6.30. The summed E-state index contributed by atoms with van der Waals surface area (Å²) < 4.78 is 0. The molecule has 1 aliphatic rings. The van der Waals surface area contributed by atoms with E-state index in [0.717, 1.165) is 28.8 Å². The molecule has 4 nitrogen and oxygen atoms in total. The first-order valence-corrected chi connectivity index (χ1v) is 7.91. The zero-order valence-corrected chi connectivity index (χ0v) is 13.3. The molecule has 0 aromatic heterocycles. The van der Waals surface area contributed by atoms with Gasteiger partial charge in [-0.3, -0.25) is 9.59 Å². The first kappa shape index (κ1) is 15.6. The molecule has 3 rings (SSSR count). The van der Waals surface area contributed by atoms with Crippen LogP contribution in [0.15, 0.2) is 42.5 Å². The second-order valence-corrected chi connectivity index (χ2v) is 6.06. The third kappa shape index (κ3) is 4.11. The molecule has 0 fully saturated rings. The smallest absolute Gasteiger partial charge is 0.224 e. The molecule has 0 aliphatic carbocycles. The van der Waals surface area contributed by atoms with Gasteiger partial charge in [0.1, 0.15) is 0 Å². The largest absolute Gasteiger partial charge is 0.352 e. The molecule has 2 amide bonds. The number of carbonyl (C=O) groups excluding carboxylic acids is 2. The summed E-state index contributed by atoms with van der Waals surface area (Å²) in [5.74, 6) is 0.0277. The molecule has 0 unspecified atom stereocenters. The van der Waals surface area contributed by atoms with Crippen molar-refractivity contribution in [3.63, 3.8) is 0 Å². The van der Waals surface area contributed by atoms with Crippen LogP contribution in [0.5, 0.6) is 0 Å². The van der Waals surface area contributed by atoms with Crippen LogP contribution in [0.3, 0.4) is 0 Å². The Morgan fingerprint density at radius 1 is 1.09 bits per heavy atom. The van der Waals surface area contributed by atoms with E-state index in [4.69, 9.17) is 11.6 Å². The van der Waals surface area contributed by atoms with Crippen LogP contribution in [-0.4, -0.2) is 11.8 Å². The first-order chi connectivity index (χ1) is 11.1. The Balaban J connectivity index is 1.56. The molecule has 0 bridgehead atoms. The molecule has 2 N–H and O–H groups in total. The molecule has 0 spiro atoms. The van der Waals surface area contributed by atoms with Crippen molar-refractivity contribution in [2.45, 2.75) is 25.8 Å². The van der Waals surface area contributed by atoms with E-state index in [1.807, 2.05) is 30.3 Å². The quantitative estimate of drug-likeness (QED) is 0.906. The minimum atomic E-state index is -0.0293. The van der Waals surface area contributed by atoms with Crippen molar-refractivity contribution in [3.8, 4) is 0 Å². The molecule has 23 heavy (non-hydrogen) atoms. The van der Waals surface area contributed by atoms with Crippen molar-refractivity contribution in [2.24, 2.45) is 0 Å². The Morgan fingerprint density at radius 3 is 2.61 bits per heavy atom. The maximum absolute atomic E-state index is 12.0. The topological polar surface area (TPSA) is 58.2 Å². The predicted octanol–water partition coefficient (Wildman–Crippen LogP) is 3.08. The summed E-state index contributed by atoms with van der Waals surface area (Å²) in [5, 5.41) is 6.43. The van der Waals surface area contributed by atoms with E-state index in [1.165, 1.54) is 0 Å². The van der Waals surface area contributed by atoms with Gasteiger partial charge in [-0.2, -0.15) is 0 Å². The summed E-state index contributed by atoms with van der Waals surface area (Å²) >= 11 is 5.83. The summed E-state index contributed by atoms with van der Waals surface area (Å²) in [5.41, 5.74) is 3.95. The van der Waals surface area contributed by atoms with Crippen LogP contribution in [0.2, 0.25) is 5.02 Å². The number of halogens is 1. The molecule has 1 heterocycles. The summed E-state index contributed by atoms with van der Waals surface area (Å²) in [7, 11) is 0. The van der Waals surface area contributed by atoms with Crippen LogP contribution < -0.4 is 10.6 Å². The summed E-state index contributed by atoms with van der Waals surface area (Å²) in [6.45, 7) is 0.480. The maximum Gasteiger partial charge on any atom is 0.224 e. The summed E-state index contributed by atoms with van der Waals surface area (Å²) in [6.07, 6.45) is 1.59. The van der Waals surface area contributed by atoms with Gasteiger partial charge >= 0.3 is 0 Å². The standard InChI is InChI=1S/C18H17ClN2O2/c19-15-5-1-12(2-6-15)10-18(23)20-11-13-3-7-16-14(9-13)4-8-17(22)21-16/h1-3,5-7,9H,4,8,10-11H2,(H,20,23)(H,21,22). The zero-order valence-electron chi connectivity index (χ0n) is 12.6. The minimum absolute atomic E-state index is 0.0293. The van der Waals surface area contributed by atoms with Gasteiger partial charge in [0.2, 0.25) is 11.8 Å².